The van der Waals surface area contributed by atoms with Crippen molar-refractivity contribution in [3.63, 3.8) is 0 Å². The molecule has 0 amide bonds. The summed E-state index contributed by atoms with van der Waals surface area (Å²) in [5, 5.41) is 28.7. The third-order valence-corrected chi connectivity index (χ3v) is 4.01. The van der Waals surface area contributed by atoms with Gasteiger partial charge in [0.15, 0.2) is 0 Å². The summed E-state index contributed by atoms with van der Waals surface area (Å²) in [6.07, 6.45) is 5.73. The Bertz CT molecular complexity index is 606. The molecule has 4 nitrogen and oxygen atoms in total. The zero-order valence-corrected chi connectivity index (χ0v) is 30.1. The molecule has 0 aliphatic carbocycles. The Morgan fingerprint density at radius 2 is 0.541 bits per heavy atom. The van der Waals surface area contributed by atoms with Gasteiger partial charge in [-0.2, -0.15) is 0 Å². The molecule has 0 aromatic heterocycles. The summed E-state index contributed by atoms with van der Waals surface area (Å²) >= 11 is 2.00. The average Bonchev–Trinajstić information content (AvgIpc) is 2.47. The van der Waals surface area contributed by atoms with Crippen molar-refractivity contribution in [2.75, 3.05) is 14.1 Å². The molecule has 0 saturated heterocycles. The molecule has 0 aromatic carbocycles. The van der Waals surface area contributed by atoms with E-state index in [9.17, 15) is 15.3 Å². The minimum atomic E-state index is -0.118. The van der Waals surface area contributed by atoms with Crippen LogP contribution in [0.15, 0.2) is 35.5 Å². The average molecular weight is 561 g/mol. The van der Waals surface area contributed by atoms with Crippen LogP contribution in [0.5, 0.6) is 0 Å². The summed E-state index contributed by atoms with van der Waals surface area (Å²) in [6.45, 7) is 36.7. The van der Waals surface area contributed by atoms with Gasteiger partial charge in [0.25, 0.3) is 0 Å². The fourth-order valence-corrected chi connectivity index (χ4v) is 1.88. The molecule has 0 atom stereocenters. The predicted octanol–water partition coefficient (Wildman–Crippen LogP) is 10.6. The van der Waals surface area contributed by atoms with Crippen molar-refractivity contribution >= 4 is 0 Å². The SMILES string of the molecule is CC(C)(C)C=C(O)C(C)(C)C.CC(C)(C)C=C(O)C(C)(C)C.CC(C)(C)C=C(O)C(C)(C)C.C[N](C)[Ti]. The molecule has 0 unspecified atom stereocenters. The fraction of sp³-hybridized carbons (Fsp3) is 0.812. The molecule has 0 spiro atoms. The van der Waals surface area contributed by atoms with Crippen molar-refractivity contribution in [2.45, 2.75) is 125 Å². The number of rotatable bonds is 0. The maximum atomic E-state index is 9.58. The van der Waals surface area contributed by atoms with Gasteiger partial charge in [0, 0.05) is 16.2 Å². The first kappa shape index (κ1) is 43.4. The van der Waals surface area contributed by atoms with Crippen LogP contribution in [0.4, 0.5) is 0 Å². The normalized spacial score (nSPS) is 14.5. The summed E-state index contributed by atoms with van der Waals surface area (Å²) in [5.74, 6) is 1.43. The van der Waals surface area contributed by atoms with E-state index in [1.54, 1.807) is 0 Å². The first-order valence-corrected chi connectivity index (χ1v) is 14.0. The van der Waals surface area contributed by atoms with Gasteiger partial charge in [-0.25, -0.2) is 0 Å². The number of hydrogen-bond donors (Lipinski definition) is 3. The van der Waals surface area contributed by atoms with Crippen LogP contribution in [0.25, 0.3) is 0 Å². The molecule has 3 N–H and O–H groups in total. The number of hydrogen-bond acceptors (Lipinski definition) is 4. The molecule has 0 aliphatic heterocycles. The van der Waals surface area contributed by atoms with Gasteiger partial charge in [-0.3, -0.25) is 0 Å². The summed E-state index contributed by atoms with van der Waals surface area (Å²) in [7, 11) is 4.00. The summed E-state index contributed by atoms with van der Waals surface area (Å²) in [4.78, 5) is 0. The Labute approximate surface area is 245 Å². The fourth-order valence-electron chi connectivity index (χ4n) is 1.88. The molecule has 0 heterocycles. The van der Waals surface area contributed by atoms with E-state index in [1.807, 2.05) is 119 Å². The van der Waals surface area contributed by atoms with E-state index in [0.717, 1.165) is 0 Å². The maximum absolute atomic E-state index is 9.58. The van der Waals surface area contributed by atoms with Gasteiger partial charge >= 0.3 is 38.2 Å². The molecule has 0 saturated carbocycles. The van der Waals surface area contributed by atoms with Crippen LogP contribution in [-0.4, -0.2) is 32.8 Å². The Kier molecular flexibility index (Phi) is 19.2. The van der Waals surface area contributed by atoms with Crippen LogP contribution < -0.4 is 0 Å². The van der Waals surface area contributed by atoms with Crippen molar-refractivity contribution < 1.29 is 36.0 Å². The zero-order chi connectivity index (χ0) is 31.4. The molecule has 0 aromatic rings. The first-order valence-electron chi connectivity index (χ1n) is 13.3. The van der Waals surface area contributed by atoms with Crippen LogP contribution >= 0.6 is 0 Å². The van der Waals surface area contributed by atoms with E-state index < -0.39 is 0 Å². The molecule has 5 heteroatoms. The van der Waals surface area contributed by atoms with Crippen LogP contribution in [-0.2, 0) is 20.7 Å². The summed E-state index contributed by atoms with van der Waals surface area (Å²) in [6, 6.07) is 0. The molecule has 0 fully saturated rings. The van der Waals surface area contributed by atoms with E-state index in [1.165, 1.54) is 0 Å². The molecule has 0 bridgehead atoms. The Morgan fingerprint density at radius 3 is 0.568 bits per heavy atom. The number of aliphatic hydroxyl groups is 3. The van der Waals surface area contributed by atoms with E-state index in [-0.39, 0.29) is 32.5 Å². The number of aliphatic hydroxyl groups excluding tert-OH is 3. The quantitative estimate of drug-likeness (QED) is 0.204. The van der Waals surface area contributed by atoms with Gasteiger partial charge in [-0.1, -0.05) is 125 Å². The Morgan fingerprint density at radius 1 is 0.432 bits per heavy atom. The van der Waals surface area contributed by atoms with Gasteiger partial charge < -0.3 is 15.3 Å². The van der Waals surface area contributed by atoms with E-state index in [2.05, 4.69) is 62.3 Å². The minimum absolute atomic E-state index is 0.0668. The second kappa shape index (κ2) is 16.4. The van der Waals surface area contributed by atoms with E-state index in [0.29, 0.717) is 17.3 Å². The topological polar surface area (TPSA) is 63.9 Å². The van der Waals surface area contributed by atoms with Gasteiger partial charge in [0.05, 0.1) is 17.3 Å². The molecule has 221 valence electrons. The zero-order valence-electron chi connectivity index (χ0n) is 28.5. The van der Waals surface area contributed by atoms with Crippen molar-refractivity contribution in [1.29, 1.82) is 0 Å². The second-order valence-electron chi connectivity index (χ2n) is 16.3. The van der Waals surface area contributed by atoms with Gasteiger partial charge in [-0.05, 0) is 34.5 Å². The molecule has 0 aliphatic rings. The first-order chi connectivity index (χ1) is 15.6. The third kappa shape index (κ3) is 37.5. The van der Waals surface area contributed by atoms with Crippen LogP contribution in [0.3, 0.4) is 0 Å². The van der Waals surface area contributed by atoms with Crippen molar-refractivity contribution in [2.24, 2.45) is 32.5 Å². The third-order valence-electron chi connectivity index (χ3n) is 4.01. The molecule has 37 heavy (non-hydrogen) atoms. The van der Waals surface area contributed by atoms with Crippen LogP contribution in [0.1, 0.15) is 125 Å². The van der Waals surface area contributed by atoms with Crippen molar-refractivity contribution in [3.05, 3.63) is 35.5 Å². The van der Waals surface area contributed by atoms with Gasteiger partial charge in [-0.15, -0.1) is 0 Å². The van der Waals surface area contributed by atoms with Crippen LogP contribution in [0, 0.1) is 32.5 Å². The standard InChI is InChI=1S/3C10H20O.C2H6N.Ti/c3*1-9(2,3)7-8(11)10(4,5)6;1-3-2;/h3*7,11H,1-6H3;1-2H3;/q;;;-1;+1. The van der Waals surface area contributed by atoms with Crippen LogP contribution in [0.2, 0.25) is 0 Å². The Hall–Kier alpha value is -0.706. The molecule has 0 radical (unpaired) electrons. The van der Waals surface area contributed by atoms with Gasteiger partial charge in [0.1, 0.15) is 0 Å². The van der Waals surface area contributed by atoms with E-state index >= 15 is 0 Å². The molecular formula is C32H66NO3Ti. The van der Waals surface area contributed by atoms with Gasteiger partial charge in [0.2, 0.25) is 0 Å². The summed E-state index contributed by atoms with van der Waals surface area (Å²) < 4.78 is 2.00. The predicted molar refractivity (Wildman–Crippen MR) is 163 cm³/mol. The number of nitrogens with zero attached hydrogens (tertiary/aromatic N) is 1. The van der Waals surface area contributed by atoms with Crippen molar-refractivity contribution in [3.8, 4) is 0 Å². The molecule has 0 rings (SSSR count). The Balaban J connectivity index is -0.000000205. The second-order valence-corrected chi connectivity index (χ2v) is 17.7. The van der Waals surface area contributed by atoms with Crippen molar-refractivity contribution in [1.82, 2.24) is 3.38 Å². The van der Waals surface area contributed by atoms with E-state index in [4.69, 9.17) is 0 Å². The monoisotopic (exact) mass is 560 g/mol. The molecular weight excluding hydrogens is 494 g/mol. The number of allylic oxidation sites excluding steroid dienone is 6. The summed E-state index contributed by atoms with van der Waals surface area (Å²) in [5.41, 5.74) is -0.153.